The molecule has 1 heterocycles. The van der Waals surface area contributed by atoms with Gasteiger partial charge >= 0.3 is 12.2 Å². The minimum atomic E-state index is -4.60. The monoisotopic (exact) mass is 434 g/mol. The van der Waals surface area contributed by atoms with Gasteiger partial charge in [0.1, 0.15) is 0 Å². The molecule has 1 atom stereocenters. The van der Waals surface area contributed by atoms with Gasteiger partial charge in [-0.3, -0.25) is 9.69 Å². The van der Waals surface area contributed by atoms with Crippen LogP contribution in [-0.4, -0.2) is 60.5 Å². The van der Waals surface area contributed by atoms with Crippen molar-refractivity contribution in [1.82, 2.24) is 15.1 Å². The van der Waals surface area contributed by atoms with Crippen molar-refractivity contribution in [2.24, 2.45) is 5.92 Å². The lowest BCUT2D eigenvalue weighted by atomic mass is 10.1. The topological polar surface area (TPSA) is 64.7 Å². The maximum absolute atomic E-state index is 12.9. The van der Waals surface area contributed by atoms with Crippen molar-refractivity contribution in [3.63, 3.8) is 0 Å². The van der Waals surface area contributed by atoms with E-state index in [-0.39, 0.29) is 24.3 Å². The average molecular weight is 435 g/mol. The van der Waals surface area contributed by atoms with Gasteiger partial charge in [-0.1, -0.05) is 25.4 Å². The molecule has 1 saturated heterocycles. The summed E-state index contributed by atoms with van der Waals surface area (Å²) in [7, 11) is 0. The first-order valence-electron chi connectivity index (χ1n) is 9.41. The Morgan fingerprint density at radius 1 is 1.14 bits per heavy atom. The van der Waals surface area contributed by atoms with Crippen LogP contribution in [0.2, 0.25) is 5.02 Å². The molecule has 0 saturated carbocycles. The molecular formula is C19H26ClF3N4O2. The fourth-order valence-corrected chi connectivity index (χ4v) is 3.01. The Hall–Kier alpha value is -2.00. The number of alkyl halides is 3. The van der Waals surface area contributed by atoms with Gasteiger partial charge in [-0.15, -0.1) is 0 Å². The van der Waals surface area contributed by atoms with Crippen LogP contribution in [0.25, 0.3) is 0 Å². The van der Waals surface area contributed by atoms with Gasteiger partial charge in [0.15, 0.2) is 0 Å². The van der Waals surface area contributed by atoms with Crippen LogP contribution in [0.3, 0.4) is 0 Å². The molecule has 1 aliphatic heterocycles. The smallest absolute Gasteiger partial charge is 0.335 e. The SMILES string of the molecule is CC(C)C(C)NC(=O)N1CCN(CC(=O)Nc2ccc(Cl)c(C(F)(F)F)c2)CC1. The second kappa shape index (κ2) is 9.67. The Morgan fingerprint density at radius 3 is 2.31 bits per heavy atom. The number of halogens is 4. The molecule has 0 aliphatic carbocycles. The second-order valence-corrected chi connectivity index (χ2v) is 7.89. The van der Waals surface area contributed by atoms with Gasteiger partial charge in [-0.2, -0.15) is 13.2 Å². The second-order valence-electron chi connectivity index (χ2n) is 7.49. The quantitative estimate of drug-likeness (QED) is 0.743. The molecule has 2 N–H and O–H groups in total. The number of rotatable bonds is 5. The first-order valence-corrected chi connectivity index (χ1v) is 9.79. The molecule has 1 aromatic rings. The first kappa shape index (κ1) is 23.3. The average Bonchev–Trinajstić information content (AvgIpc) is 2.62. The summed E-state index contributed by atoms with van der Waals surface area (Å²) in [6, 6.07) is 3.19. The number of nitrogens with one attached hydrogen (secondary N) is 2. The van der Waals surface area contributed by atoms with E-state index in [0.717, 1.165) is 12.1 Å². The Labute approximate surface area is 173 Å². The van der Waals surface area contributed by atoms with Crippen LogP contribution in [0.4, 0.5) is 23.7 Å². The van der Waals surface area contributed by atoms with Crippen molar-refractivity contribution in [2.45, 2.75) is 33.0 Å². The Bertz CT molecular complexity index is 735. The molecule has 0 radical (unpaired) electrons. The number of urea groups is 1. The number of nitrogens with zero attached hydrogens (tertiary/aromatic N) is 2. The molecule has 1 fully saturated rings. The number of hydrogen-bond donors (Lipinski definition) is 2. The van der Waals surface area contributed by atoms with E-state index in [0.29, 0.717) is 32.1 Å². The number of benzene rings is 1. The fourth-order valence-electron chi connectivity index (χ4n) is 2.79. The first-order chi connectivity index (χ1) is 13.5. The van der Waals surface area contributed by atoms with E-state index in [2.05, 4.69) is 10.6 Å². The van der Waals surface area contributed by atoms with Crippen LogP contribution < -0.4 is 10.6 Å². The maximum atomic E-state index is 12.9. The van der Waals surface area contributed by atoms with Crippen LogP contribution in [0.1, 0.15) is 26.3 Å². The van der Waals surface area contributed by atoms with Crippen LogP contribution in [0, 0.1) is 5.92 Å². The van der Waals surface area contributed by atoms with Crippen LogP contribution >= 0.6 is 11.6 Å². The molecule has 1 aliphatic rings. The van der Waals surface area contributed by atoms with Gasteiger partial charge in [0.25, 0.3) is 0 Å². The van der Waals surface area contributed by atoms with E-state index >= 15 is 0 Å². The van der Waals surface area contributed by atoms with E-state index in [1.807, 2.05) is 25.7 Å². The molecule has 0 spiro atoms. The van der Waals surface area contributed by atoms with Gasteiger partial charge in [-0.05, 0) is 31.0 Å². The minimum Gasteiger partial charge on any atom is -0.335 e. The molecule has 1 aromatic carbocycles. The Balaban J connectivity index is 1.84. The lowest BCUT2D eigenvalue weighted by Gasteiger charge is -2.35. The van der Waals surface area contributed by atoms with Gasteiger partial charge < -0.3 is 15.5 Å². The van der Waals surface area contributed by atoms with Crippen LogP contribution in [-0.2, 0) is 11.0 Å². The van der Waals surface area contributed by atoms with Gasteiger partial charge in [0, 0.05) is 37.9 Å². The summed E-state index contributed by atoms with van der Waals surface area (Å²) in [5.41, 5.74) is -0.959. The highest BCUT2D eigenvalue weighted by molar-refractivity contribution is 6.31. The molecule has 0 aromatic heterocycles. The van der Waals surface area contributed by atoms with Crippen molar-refractivity contribution >= 4 is 29.2 Å². The third-order valence-electron chi connectivity index (χ3n) is 4.93. The largest absolute Gasteiger partial charge is 0.417 e. The highest BCUT2D eigenvalue weighted by Crippen LogP contribution is 2.36. The maximum Gasteiger partial charge on any atom is 0.417 e. The van der Waals surface area contributed by atoms with E-state index in [1.54, 1.807) is 4.90 Å². The normalized spacial score (nSPS) is 16.6. The zero-order valence-electron chi connectivity index (χ0n) is 16.6. The lowest BCUT2D eigenvalue weighted by Crippen LogP contribution is -2.54. The van der Waals surface area contributed by atoms with Crippen molar-refractivity contribution < 1.29 is 22.8 Å². The number of carbonyl (C=O) groups excluding carboxylic acids is 2. The van der Waals surface area contributed by atoms with Crippen molar-refractivity contribution in [1.29, 1.82) is 0 Å². The third-order valence-corrected chi connectivity index (χ3v) is 5.26. The highest BCUT2D eigenvalue weighted by atomic mass is 35.5. The van der Waals surface area contributed by atoms with Gasteiger partial charge in [0.2, 0.25) is 5.91 Å². The predicted molar refractivity (Wildman–Crippen MR) is 106 cm³/mol. The summed E-state index contributed by atoms with van der Waals surface area (Å²) < 4.78 is 38.8. The van der Waals surface area contributed by atoms with Gasteiger partial charge in [0.05, 0.1) is 17.1 Å². The molecule has 2 rings (SSSR count). The summed E-state index contributed by atoms with van der Waals surface area (Å²) in [6.45, 7) is 7.99. The molecular weight excluding hydrogens is 409 g/mol. The molecule has 3 amide bonds. The van der Waals surface area contributed by atoms with Crippen molar-refractivity contribution in [2.75, 3.05) is 38.0 Å². The zero-order valence-corrected chi connectivity index (χ0v) is 17.4. The summed E-state index contributed by atoms with van der Waals surface area (Å²) in [5.74, 6) is -0.0959. The van der Waals surface area contributed by atoms with Crippen molar-refractivity contribution in [3.8, 4) is 0 Å². The Kier molecular flexibility index (Phi) is 7.76. The minimum absolute atomic E-state index is 0.0296. The summed E-state index contributed by atoms with van der Waals surface area (Å²) in [5, 5.41) is 5.00. The lowest BCUT2D eigenvalue weighted by molar-refractivity contribution is -0.137. The molecule has 162 valence electrons. The molecule has 29 heavy (non-hydrogen) atoms. The summed E-state index contributed by atoms with van der Waals surface area (Å²) >= 11 is 5.58. The third kappa shape index (κ3) is 6.78. The standard InChI is InChI=1S/C19H26ClF3N4O2/c1-12(2)13(3)24-18(29)27-8-6-26(7-9-27)11-17(28)25-14-4-5-16(20)15(10-14)19(21,22)23/h4-5,10,12-13H,6-9,11H2,1-3H3,(H,24,29)(H,25,28). The predicted octanol–water partition coefficient (Wildman–Crippen LogP) is 3.67. The van der Waals surface area contributed by atoms with E-state index in [4.69, 9.17) is 11.6 Å². The number of piperazine rings is 1. The molecule has 6 nitrogen and oxygen atoms in total. The number of anilines is 1. The summed E-state index contributed by atoms with van der Waals surface area (Å²) in [4.78, 5) is 28.0. The molecule has 10 heteroatoms. The van der Waals surface area contributed by atoms with E-state index < -0.39 is 22.7 Å². The molecule has 0 bridgehead atoms. The van der Waals surface area contributed by atoms with Gasteiger partial charge in [-0.25, -0.2) is 4.79 Å². The Morgan fingerprint density at radius 2 is 1.76 bits per heavy atom. The van der Waals surface area contributed by atoms with Crippen LogP contribution in [0.5, 0.6) is 0 Å². The molecule has 1 unspecified atom stereocenters. The van der Waals surface area contributed by atoms with Crippen LogP contribution in [0.15, 0.2) is 18.2 Å². The summed E-state index contributed by atoms with van der Waals surface area (Å²) in [6.07, 6.45) is -4.60. The number of hydrogen-bond acceptors (Lipinski definition) is 3. The van der Waals surface area contributed by atoms with E-state index in [9.17, 15) is 22.8 Å². The zero-order chi connectivity index (χ0) is 21.8. The van der Waals surface area contributed by atoms with Crippen molar-refractivity contribution in [3.05, 3.63) is 28.8 Å². The number of carbonyl (C=O) groups is 2. The fraction of sp³-hybridized carbons (Fsp3) is 0.579. The number of amides is 3. The van der Waals surface area contributed by atoms with E-state index in [1.165, 1.54) is 6.07 Å². The highest BCUT2D eigenvalue weighted by Gasteiger charge is 2.33.